The lowest BCUT2D eigenvalue weighted by Crippen LogP contribution is -2.56. The number of hydrogen-bond acceptors (Lipinski definition) is 3. The van der Waals surface area contributed by atoms with Gasteiger partial charge >= 0.3 is 0 Å². The Morgan fingerprint density at radius 1 is 1.13 bits per heavy atom. The fraction of sp³-hybridized carbons (Fsp3) is 0.850. The van der Waals surface area contributed by atoms with E-state index >= 15 is 0 Å². The van der Waals surface area contributed by atoms with Gasteiger partial charge in [0.2, 0.25) is 0 Å². The summed E-state index contributed by atoms with van der Waals surface area (Å²) in [4.78, 5) is 12.9. The molecular weight excluding hydrogens is 288 g/mol. The Labute approximate surface area is 139 Å². The normalized spacial score (nSPS) is 44.1. The number of hydrogen-bond donors (Lipinski definition) is 0. The summed E-state index contributed by atoms with van der Waals surface area (Å²) >= 11 is 0. The second-order valence-electron chi connectivity index (χ2n) is 9.29. The quantitative estimate of drug-likeness (QED) is 0.626. The zero-order valence-corrected chi connectivity index (χ0v) is 14.8. The van der Waals surface area contributed by atoms with Gasteiger partial charge < -0.3 is 9.47 Å². The third-order valence-electron chi connectivity index (χ3n) is 6.84. The second-order valence-corrected chi connectivity index (χ2v) is 9.29. The molecule has 23 heavy (non-hydrogen) atoms. The van der Waals surface area contributed by atoms with Crippen LogP contribution in [0.25, 0.3) is 0 Å². The van der Waals surface area contributed by atoms with Crippen LogP contribution in [0.2, 0.25) is 0 Å². The fourth-order valence-corrected chi connectivity index (χ4v) is 5.63. The van der Waals surface area contributed by atoms with Crippen LogP contribution in [0, 0.1) is 22.7 Å². The van der Waals surface area contributed by atoms with Gasteiger partial charge in [0.25, 0.3) is 0 Å². The van der Waals surface area contributed by atoms with Crippen LogP contribution >= 0.6 is 0 Å². The lowest BCUT2D eigenvalue weighted by Gasteiger charge is -2.52. The van der Waals surface area contributed by atoms with Gasteiger partial charge in [-0.2, -0.15) is 0 Å². The van der Waals surface area contributed by atoms with Gasteiger partial charge in [-0.1, -0.05) is 31.9 Å². The van der Waals surface area contributed by atoms with Crippen LogP contribution in [-0.4, -0.2) is 24.8 Å². The van der Waals surface area contributed by atoms with E-state index in [1.807, 2.05) is 0 Å². The number of carbonyl (C=O) groups excluding carboxylic acids is 1. The predicted octanol–water partition coefficient (Wildman–Crippen LogP) is 4.26. The van der Waals surface area contributed by atoms with Crippen molar-refractivity contribution in [1.82, 2.24) is 0 Å². The maximum absolute atomic E-state index is 12.9. The van der Waals surface area contributed by atoms with Crippen LogP contribution < -0.4 is 0 Å². The smallest absolute Gasteiger partial charge is 0.172 e. The summed E-state index contributed by atoms with van der Waals surface area (Å²) in [5, 5.41) is 0. The van der Waals surface area contributed by atoms with E-state index in [1.165, 1.54) is 18.4 Å². The SMILES string of the molecule is C/C1=C/CC23CCCC(C(=O)C1)C2C1(CC3)OCC(C)(C)CO1. The molecule has 0 amide bonds. The van der Waals surface area contributed by atoms with Crippen molar-refractivity contribution < 1.29 is 14.3 Å². The van der Waals surface area contributed by atoms with Crippen molar-refractivity contribution >= 4 is 5.78 Å². The van der Waals surface area contributed by atoms with E-state index in [1.54, 1.807) is 0 Å². The molecule has 3 aliphatic carbocycles. The number of rotatable bonds is 0. The molecule has 128 valence electrons. The van der Waals surface area contributed by atoms with E-state index in [0.717, 1.165) is 38.9 Å². The number of Topliss-reactive ketones (excluding diaryl/α,β-unsaturated/α-hetero) is 1. The molecule has 1 spiro atoms. The predicted molar refractivity (Wildman–Crippen MR) is 88.9 cm³/mol. The molecular formula is C20H30O3. The highest BCUT2D eigenvalue weighted by Gasteiger charge is 2.64. The van der Waals surface area contributed by atoms with E-state index in [4.69, 9.17) is 9.47 Å². The Balaban J connectivity index is 1.73. The molecule has 3 fully saturated rings. The van der Waals surface area contributed by atoms with E-state index in [2.05, 4.69) is 26.8 Å². The number of ketones is 1. The summed E-state index contributed by atoms with van der Waals surface area (Å²) < 4.78 is 12.8. The highest BCUT2D eigenvalue weighted by atomic mass is 16.7. The molecule has 0 radical (unpaired) electrons. The molecule has 0 aromatic rings. The minimum Gasteiger partial charge on any atom is -0.349 e. The highest BCUT2D eigenvalue weighted by Crippen LogP contribution is 2.64. The first-order chi connectivity index (χ1) is 10.9. The second kappa shape index (κ2) is 5.16. The van der Waals surface area contributed by atoms with Crippen LogP contribution in [0.5, 0.6) is 0 Å². The van der Waals surface area contributed by atoms with Crippen molar-refractivity contribution in [3.8, 4) is 0 Å². The summed E-state index contributed by atoms with van der Waals surface area (Å²) in [6, 6.07) is 0. The summed E-state index contributed by atoms with van der Waals surface area (Å²) in [6.45, 7) is 8.00. The van der Waals surface area contributed by atoms with Crippen molar-refractivity contribution in [2.75, 3.05) is 13.2 Å². The monoisotopic (exact) mass is 318 g/mol. The van der Waals surface area contributed by atoms with Crippen molar-refractivity contribution in [2.24, 2.45) is 22.7 Å². The molecule has 1 aliphatic heterocycles. The highest BCUT2D eigenvalue weighted by molar-refractivity contribution is 5.84. The van der Waals surface area contributed by atoms with E-state index in [-0.39, 0.29) is 22.7 Å². The zero-order chi connectivity index (χ0) is 16.3. The number of carbonyl (C=O) groups is 1. The van der Waals surface area contributed by atoms with Crippen molar-refractivity contribution in [1.29, 1.82) is 0 Å². The van der Waals surface area contributed by atoms with E-state index < -0.39 is 5.79 Å². The first-order valence-corrected chi connectivity index (χ1v) is 9.32. The lowest BCUT2D eigenvalue weighted by molar-refractivity contribution is -0.327. The molecule has 3 atom stereocenters. The molecule has 4 rings (SSSR count). The average molecular weight is 318 g/mol. The molecule has 1 saturated heterocycles. The molecule has 2 saturated carbocycles. The van der Waals surface area contributed by atoms with Gasteiger partial charge in [0.15, 0.2) is 5.79 Å². The Hall–Kier alpha value is -0.670. The van der Waals surface area contributed by atoms with Gasteiger partial charge in [0, 0.05) is 30.1 Å². The molecule has 1 heterocycles. The Morgan fingerprint density at radius 2 is 1.87 bits per heavy atom. The van der Waals surface area contributed by atoms with Gasteiger partial charge in [-0.3, -0.25) is 4.79 Å². The van der Waals surface area contributed by atoms with Crippen LogP contribution in [-0.2, 0) is 14.3 Å². The van der Waals surface area contributed by atoms with E-state index in [9.17, 15) is 4.79 Å². The van der Waals surface area contributed by atoms with Gasteiger partial charge in [0.05, 0.1) is 13.2 Å². The third kappa shape index (κ3) is 2.42. The number of allylic oxidation sites excluding steroid dienone is 2. The Bertz CT molecular complexity index is 537. The van der Waals surface area contributed by atoms with Crippen molar-refractivity contribution in [3.63, 3.8) is 0 Å². The maximum Gasteiger partial charge on any atom is 0.172 e. The van der Waals surface area contributed by atoms with Crippen LogP contribution in [0.4, 0.5) is 0 Å². The fourth-order valence-electron chi connectivity index (χ4n) is 5.63. The van der Waals surface area contributed by atoms with E-state index in [0.29, 0.717) is 12.2 Å². The first kappa shape index (κ1) is 15.8. The zero-order valence-electron chi connectivity index (χ0n) is 14.8. The average Bonchev–Trinajstić information content (AvgIpc) is 2.83. The number of ether oxygens (including phenoxy) is 2. The molecule has 2 bridgehead atoms. The van der Waals surface area contributed by atoms with Crippen LogP contribution in [0.1, 0.15) is 65.7 Å². The molecule has 3 nitrogen and oxygen atoms in total. The van der Waals surface area contributed by atoms with Gasteiger partial charge in [-0.05, 0) is 38.0 Å². The van der Waals surface area contributed by atoms with Crippen LogP contribution in [0.15, 0.2) is 11.6 Å². The Morgan fingerprint density at radius 3 is 2.61 bits per heavy atom. The molecule has 3 unspecified atom stereocenters. The van der Waals surface area contributed by atoms with Gasteiger partial charge in [-0.15, -0.1) is 0 Å². The molecule has 3 heteroatoms. The largest absolute Gasteiger partial charge is 0.349 e. The Kier molecular flexibility index (Phi) is 3.55. The van der Waals surface area contributed by atoms with Gasteiger partial charge in [-0.25, -0.2) is 0 Å². The molecule has 4 aliphatic rings. The van der Waals surface area contributed by atoms with Crippen molar-refractivity contribution in [3.05, 3.63) is 11.6 Å². The standard InChI is InChI=1S/C20H30O3/c1-14-6-8-19-7-4-5-15(16(21)11-14)17(19)20(10-9-19)22-12-18(2,3)13-23-20/h6,15,17H,4-5,7-13H2,1-3H3/b14-6-. The summed E-state index contributed by atoms with van der Waals surface area (Å²) in [5.41, 5.74) is 1.56. The molecule has 0 aromatic carbocycles. The summed E-state index contributed by atoms with van der Waals surface area (Å²) in [5.74, 6) is 0.327. The summed E-state index contributed by atoms with van der Waals surface area (Å²) in [7, 11) is 0. The van der Waals surface area contributed by atoms with Gasteiger partial charge in [0.1, 0.15) is 5.78 Å². The maximum atomic E-state index is 12.9. The topological polar surface area (TPSA) is 35.5 Å². The first-order valence-electron chi connectivity index (χ1n) is 9.32. The molecule has 0 aromatic heterocycles. The summed E-state index contributed by atoms with van der Waals surface area (Å²) in [6.07, 6.45) is 9.60. The van der Waals surface area contributed by atoms with Crippen LogP contribution in [0.3, 0.4) is 0 Å². The molecule has 0 N–H and O–H groups in total. The minimum atomic E-state index is -0.491. The third-order valence-corrected chi connectivity index (χ3v) is 6.84. The minimum absolute atomic E-state index is 0.0816. The lowest BCUT2D eigenvalue weighted by atomic mass is 9.58. The van der Waals surface area contributed by atoms with Crippen molar-refractivity contribution in [2.45, 2.75) is 71.5 Å².